The highest BCUT2D eigenvalue weighted by atomic mass is 16.2. The van der Waals surface area contributed by atoms with E-state index < -0.39 is 0 Å². The number of amides is 2. The highest BCUT2D eigenvalue weighted by Crippen LogP contribution is 2.19. The molecule has 1 aliphatic heterocycles. The summed E-state index contributed by atoms with van der Waals surface area (Å²) in [6.45, 7) is 11.1. The topological polar surface area (TPSA) is 49.4 Å². The van der Waals surface area contributed by atoms with Crippen LogP contribution in [0.25, 0.3) is 0 Å². The van der Waals surface area contributed by atoms with Crippen molar-refractivity contribution < 1.29 is 9.59 Å². The second-order valence-electron chi connectivity index (χ2n) is 6.53. The number of carbonyl (C=O) groups is 2. The predicted molar refractivity (Wildman–Crippen MR) is 81.2 cm³/mol. The molecule has 0 aromatic carbocycles. The van der Waals surface area contributed by atoms with Gasteiger partial charge in [0.15, 0.2) is 0 Å². The normalized spacial score (nSPS) is 23.5. The number of carbonyl (C=O) groups excluding carboxylic acids is 2. The van der Waals surface area contributed by atoms with Gasteiger partial charge in [-0.05, 0) is 31.6 Å². The van der Waals surface area contributed by atoms with Crippen LogP contribution in [0.15, 0.2) is 0 Å². The van der Waals surface area contributed by atoms with Crippen molar-refractivity contribution in [2.24, 2.45) is 11.8 Å². The van der Waals surface area contributed by atoms with Crippen LogP contribution in [-0.4, -0.2) is 35.3 Å². The van der Waals surface area contributed by atoms with Crippen molar-refractivity contribution in [3.05, 3.63) is 0 Å². The van der Waals surface area contributed by atoms with Crippen molar-refractivity contribution in [2.45, 2.75) is 72.4 Å². The lowest BCUT2D eigenvalue weighted by Crippen LogP contribution is -2.50. The average molecular weight is 282 g/mol. The summed E-state index contributed by atoms with van der Waals surface area (Å²) < 4.78 is 0. The van der Waals surface area contributed by atoms with Crippen molar-refractivity contribution in [3.63, 3.8) is 0 Å². The molecule has 1 N–H and O–H groups in total. The van der Waals surface area contributed by atoms with Gasteiger partial charge in [0.1, 0.15) is 6.04 Å². The van der Waals surface area contributed by atoms with Crippen LogP contribution in [0.5, 0.6) is 0 Å². The van der Waals surface area contributed by atoms with Gasteiger partial charge in [0.05, 0.1) is 0 Å². The highest BCUT2D eigenvalue weighted by Gasteiger charge is 2.34. The summed E-state index contributed by atoms with van der Waals surface area (Å²) in [4.78, 5) is 26.4. The molecule has 0 radical (unpaired) electrons. The first kappa shape index (κ1) is 17.0. The number of nitrogens with zero attached hydrogens (tertiary/aromatic N) is 1. The van der Waals surface area contributed by atoms with Crippen molar-refractivity contribution in [1.82, 2.24) is 10.2 Å². The van der Waals surface area contributed by atoms with Crippen molar-refractivity contribution in [3.8, 4) is 0 Å². The summed E-state index contributed by atoms with van der Waals surface area (Å²) in [5.41, 5.74) is 0. The van der Waals surface area contributed by atoms with E-state index in [1.54, 1.807) is 0 Å². The quantitative estimate of drug-likeness (QED) is 0.814. The predicted octanol–water partition coefficient (Wildman–Crippen LogP) is 2.57. The Morgan fingerprint density at radius 3 is 2.40 bits per heavy atom. The maximum Gasteiger partial charge on any atom is 0.245 e. The Bertz CT molecular complexity index is 341. The van der Waals surface area contributed by atoms with E-state index in [1.807, 2.05) is 11.8 Å². The third-order valence-corrected chi connectivity index (χ3v) is 4.35. The number of rotatable bonds is 6. The number of hydrogen-bond acceptors (Lipinski definition) is 2. The van der Waals surface area contributed by atoms with Crippen LogP contribution >= 0.6 is 0 Å². The average Bonchev–Trinajstić information content (AvgIpc) is 2.55. The van der Waals surface area contributed by atoms with Crippen LogP contribution in [0.3, 0.4) is 0 Å². The first-order valence-corrected chi connectivity index (χ1v) is 7.96. The lowest BCUT2D eigenvalue weighted by Gasteiger charge is -2.32. The summed E-state index contributed by atoms with van der Waals surface area (Å²) in [6, 6.07) is -0.138. The van der Waals surface area contributed by atoms with Gasteiger partial charge in [-0.25, -0.2) is 0 Å². The van der Waals surface area contributed by atoms with Gasteiger partial charge < -0.3 is 10.2 Å². The fourth-order valence-corrected chi connectivity index (χ4v) is 2.61. The zero-order chi connectivity index (χ0) is 15.3. The minimum atomic E-state index is -0.350. The van der Waals surface area contributed by atoms with Crippen molar-refractivity contribution in [2.75, 3.05) is 6.54 Å². The Kier molecular flexibility index (Phi) is 6.50. The Labute approximate surface area is 123 Å². The molecular formula is C16H30N2O2. The molecule has 1 fully saturated rings. The summed E-state index contributed by atoms with van der Waals surface area (Å²) in [6.07, 6.45) is 3.43. The molecule has 3 unspecified atom stereocenters. The Morgan fingerprint density at radius 1 is 1.20 bits per heavy atom. The molecule has 0 aliphatic carbocycles. The van der Waals surface area contributed by atoms with E-state index >= 15 is 0 Å². The largest absolute Gasteiger partial charge is 0.344 e. The van der Waals surface area contributed by atoms with E-state index in [2.05, 4.69) is 33.0 Å². The third kappa shape index (κ3) is 4.50. The summed E-state index contributed by atoms with van der Waals surface area (Å²) in [5.74, 6) is 0.928. The molecule has 0 aromatic rings. The lowest BCUT2D eigenvalue weighted by molar-refractivity contribution is -0.136. The van der Waals surface area contributed by atoms with Crippen LogP contribution in [0.4, 0.5) is 0 Å². The minimum Gasteiger partial charge on any atom is -0.344 e. The van der Waals surface area contributed by atoms with Gasteiger partial charge in [-0.15, -0.1) is 0 Å². The molecule has 3 atom stereocenters. The number of nitrogens with one attached hydrogen (secondary N) is 1. The van der Waals surface area contributed by atoms with Gasteiger partial charge in [0.2, 0.25) is 11.8 Å². The van der Waals surface area contributed by atoms with E-state index in [4.69, 9.17) is 0 Å². The summed E-state index contributed by atoms with van der Waals surface area (Å²) in [7, 11) is 0. The SMILES string of the molecule is CCC(C)C1NC(=O)CCN(C(C)CCC(C)C)C1=O. The van der Waals surface area contributed by atoms with Gasteiger partial charge in [-0.1, -0.05) is 34.1 Å². The molecule has 1 heterocycles. The van der Waals surface area contributed by atoms with E-state index in [0.29, 0.717) is 18.9 Å². The molecule has 116 valence electrons. The number of hydrogen-bond donors (Lipinski definition) is 1. The Morgan fingerprint density at radius 2 is 1.85 bits per heavy atom. The smallest absolute Gasteiger partial charge is 0.245 e. The molecule has 0 spiro atoms. The van der Waals surface area contributed by atoms with Crippen LogP contribution in [-0.2, 0) is 9.59 Å². The maximum absolute atomic E-state index is 12.7. The van der Waals surface area contributed by atoms with Gasteiger partial charge in [0.25, 0.3) is 0 Å². The third-order valence-electron chi connectivity index (χ3n) is 4.35. The Hall–Kier alpha value is -1.06. The van der Waals surface area contributed by atoms with Crippen LogP contribution < -0.4 is 5.32 Å². The fraction of sp³-hybridized carbons (Fsp3) is 0.875. The first-order chi connectivity index (χ1) is 9.36. The van der Waals surface area contributed by atoms with E-state index in [-0.39, 0.29) is 29.8 Å². The molecule has 1 aliphatic rings. The molecule has 2 amide bonds. The second kappa shape index (κ2) is 7.65. The van der Waals surface area contributed by atoms with E-state index in [9.17, 15) is 9.59 Å². The summed E-state index contributed by atoms with van der Waals surface area (Å²) in [5, 5.41) is 2.90. The van der Waals surface area contributed by atoms with Crippen LogP contribution in [0.1, 0.15) is 60.3 Å². The zero-order valence-electron chi connectivity index (χ0n) is 13.6. The first-order valence-electron chi connectivity index (χ1n) is 7.96. The summed E-state index contributed by atoms with van der Waals surface area (Å²) >= 11 is 0. The van der Waals surface area contributed by atoms with Crippen molar-refractivity contribution >= 4 is 11.8 Å². The zero-order valence-corrected chi connectivity index (χ0v) is 13.6. The molecule has 0 saturated carbocycles. The van der Waals surface area contributed by atoms with Gasteiger partial charge >= 0.3 is 0 Å². The molecule has 0 bridgehead atoms. The Balaban J connectivity index is 2.78. The van der Waals surface area contributed by atoms with Crippen molar-refractivity contribution in [1.29, 1.82) is 0 Å². The monoisotopic (exact) mass is 282 g/mol. The minimum absolute atomic E-state index is 0.00205. The lowest BCUT2D eigenvalue weighted by atomic mass is 9.97. The van der Waals surface area contributed by atoms with Gasteiger partial charge in [0, 0.05) is 19.0 Å². The van der Waals surface area contributed by atoms with Gasteiger partial charge in [-0.2, -0.15) is 0 Å². The highest BCUT2D eigenvalue weighted by molar-refractivity contribution is 5.90. The molecule has 4 nitrogen and oxygen atoms in total. The molecule has 20 heavy (non-hydrogen) atoms. The van der Waals surface area contributed by atoms with Gasteiger partial charge in [-0.3, -0.25) is 9.59 Å². The molecule has 1 saturated heterocycles. The van der Waals surface area contributed by atoms with E-state index in [0.717, 1.165) is 19.3 Å². The van der Waals surface area contributed by atoms with E-state index in [1.165, 1.54) is 0 Å². The molecule has 0 aromatic heterocycles. The second-order valence-corrected chi connectivity index (χ2v) is 6.53. The standard InChI is InChI=1S/C16H30N2O2/c1-6-12(4)15-16(20)18(10-9-14(19)17-15)13(5)8-7-11(2)3/h11-13,15H,6-10H2,1-5H3,(H,17,19). The van der Waals surface area contributed by atoms with Crippen LogP contribution in [0, 0.1) is 11.8 Å². The molecule has 4 heteroatoms. The molecule has 1 rings (SSSR count). The maximum atomic E-state index is 12.7. The fourth-order valence-electron chi connectivity index (χ4n) is 2.61. The molecular weight excluding hydrogens is 252 g/mol. The van der Waals surface area contributed by atoms with Crippen LogP contribution in [0.2, 0.25) is 0 Å².